The second-order valence-corrected chi connectivity index (χ2v) is 14.3. The van der Waals surface area contributed by atoms with E-state index < -0.39 is 7.14 Å². The van der Waals surface area contributed by atoms with Crippen LogP contribution in [0.15, 0.2) is 109 Å². The summed E-state index contributed by atoms with van der Waals surface area (Å²) in [6, 6.07) is 37.4. The Morgan fingerprint density at radius 1 is 0.722 bits per heavy atom. The van der Waals surface area contributed by atoms with Crippen molar-refractivity contribution < 1.29 is 4.57 Å². The van der Waals surface area contributed by atoms with Gasteiger partial charge in [-0.1, -0.05) is 118 Å². The van der Waals surface area contributed by atoms with Crippen molar-refractivity contribution in [1.29, 1.82) is 0 Å². The minimum absolute atomic E-state index is 0.00886. The summed E-state index contributed by atoms with van der Waals surface area (Å²) < 4.78 is 15.7. The standard InChI is InChI=1S/C33H34NOP/c1-32(2)27-22-23-33(32,3)30(29-21-13-20-28(34-29)24-14-7-4-8-15-24)31(27)36(35,25-16-9-5-10-17-25)26-18-11-6-12-19-26/h4-21,27,30-31H,22-23H2,1-3H3/t27-,30-,31-,33+/m1/s1. The Hall–Kier alpha value is -2.96. The number of hydrogen-bond donors (Lipinski definition) is 0. The molecule has 4 atom stereocenters. The summed E-state index contributed by atoms with van der Waals surface area (Å²) >= 11 is 0. The van der Waals surface area contributed by atoms with Gasteiger partial charge < -0.3 is 4.57 Å². The maximum Gasteiger partial charge on any atom is 0.147 e. The summed E-state index contributed by atoms with van der Waals surface area (Å²) in [5.74, 6) is 0.474. The Morgan fingerprint density at radius 3 is 1.86 bits per heavy atom. The zero-order valence-electron chi connectivity index (χ0n) is 21.3. The van der Waals surface area contributed by atoms with E-state index in [1.807, 2.05) is 42.5 Å². The Kier molecular flexibility index (Phi) is 5.58. The molecule has 4 aromatic rings. The highest BCUT2D eigenvalue weighted by atomic mass is 31.2. The highest BCUT2D eigenvalue weighted by molar-refractivity contribution is 7.79. The average Bonchev–Trinajstić information content (AvgIpc) is 3.27. The van der Waals surface area contributed by atoms with Crippen LogP contribution in [0.25, 0.3) is 11.3 Å². The van der Waals surface area contributed by atoms with Crippen molar-refractivity contribution in [1.82, 2.24) is 4.98 Å². The molecule has 2 aliphatic rings. The van der Waals surface area contributed by atoms with Crippen molar-refractivity contribution in [2.45, 2.75) is 45.2 Å². The lowest BCUT2D eigenvalue weighted by Gasteiger charge is -2.42. The van der Waals surface area contributed by atoms with Crippen molar-refractivity contribution in [2.75, 3.05) is 0 Å². The minimum atomic E-state index is -2.99. The molecular formula is C33H34NOP. The van der Waals surface area contributed by atoms with Crippen molar-refractivity contribution in [3.63, 3.8) is 0 Å². The molecule has 2 bridgehead atoms. The van der Waals surface area contributed by atoms with Gasteiger partial charge in [-0.05, 0) is 41.7 Å². The van der Waals surface area contributed by atoms with Crippen LogP contribution in [0.3, 0.4) is 0 Å². The van der Waals surface area contributed by atoms with Crippen LogP contribution in [0.1, 0.15) is 45.2 Å². The molecule has 3 aromatic carbocycles. The lowest BCUT2D eigenvalue weighted by molar-refractivity contribution is 0.133. The maximum atomic E-state index is 15.7. The predicted molar refractivity (Wildman–Crippen MR) is 151 cm³/mol. The van der Waals surface area contributed by atoms with Gasteiger partial charge in [-0.25, -0.2) is 0 Å². The molecule has 2 fully saturated rings. The quantitative estimate of drug-likeness (QED) is 0.268. The number of nitrogens with zero attached hydrogens (tertiary/aromatic N) is 1. The van der Waals surface area contributed by atoms with E-state index in [9.17, 15) is 0 Å². The first-order chi connectivity index (χ1) is 17.4. The highest BCUT2D eigenvalue weighted by Crippen LogP contribution is 2.78. The van der Waals surface area contributed by atoms with Crippen LogP contribution < -0.4 is 10.6 Å². The summed E-state index contributed by atoms with van der Waals surface area (Å²) in [7, 11) is -2.99. The molecule has 0 radical (unpaired) electrons. The van der Waals surface area contributed by atoms with Crippen LogP contribution in [0, 0.1) is 16.7 Å². The Balaban J connectivity index is 1.59. The average molecular weight is 492 g/mol. The normalized spacial score (nSPS) is 26.7. The minimum Gasteiger partial charge on any atom is -0.313 e. The van der Waals surface area contributed by atoms with Gasteiger partial charge in [-0.2, -0.15) is 0 Å². The fourth-order valence-corrected chi connectivity index (χ4v) is 11.6. The van der Waals surface area contributed by atoms with Crippen LogP contribution >= 0.6 is 7.14 Å². The molecule has 0 N–H and O–H groups in total. The zero-order valence-corrected chi connectivity index (χ0v) is 22.2. The monoisotopic (exact) mass is 491 g/mol. The van der Waals surface area contributed by atoms with E-state index in [4.69, 9.17) is 4.98 Å². The molecule has 36 heavy (non-hydrogen) atoms. The molecule has 0 unspecified atom stereocenters. The third-order valence-corrected chi connectivity index (χ3v) is 13.3. The van der Waals surface area contributed by atoms with Gasteiger partial charge in [0, 0.05) is 33.4 Å². The summed E-state index contributed by atoms with van der Waals surface area (Å²) in [5, 5.41) is 1.94. The molecule has 2 nitrogen and oxygen atoms in total. The molecule has 0 aliphatic heterocycles. The smallest absolute Gasteiger partial charge is 0.147 e. The van der Waals surface area contributed by atoms with Crippen LogP contribution in [-0.2, 0) is 4.57 Å². The van der Waals surface area contributed by atoms with Gasteiger partial charge in [0.05, 0.1) is 5.69 Å². The van der Waals surface area contributed by atoms with Gasteiger partial charge in [0.1, 0.15) is 7.14 Å². The summed E-state index contributed by atoms with van der Waals surface area (Å²) in [5.41, 5.74) is 3.29. The van der Waals surface area contributed by atoms with Gasteiger partial charge >= 0.3 is 0 Å². The number of rotatable bonds is 5. The largest absolute Gasteiger partial charge is 0.313 e. The number of hydrogen-bond acceptors (Lipinski definition) is 2. The van der Waals surface area contributed by atoms with E-state index in [2.05, 4.69) is 87.5 Å². The first-order valence-corrected chi connectivity index (χ1v) is 14.9. The van der Waals surface area contributed by atoms with Crippen LogP contribution in [0.4, 0.5) is 0 Å². The fraction of sp³-hybridized carbons (Fsp3) is 0.303. The highest BCUT2D eigenvalue weighted by Gasteiger charge is 2.70. The third-order valence-electron chi connectivity index (χ3n) is 9.67. The lowest BCUT2D eigenvalue weighted by Crippen LogP contribution is -2.37. The Morgan fingerprint density at radius 2 is 1.28 bits per heavy atom. The molecule has 3 heteroatoms. The number of aromatic nitrogens is 1. The molecule has 0 saturated heterocycles. The first-order valence-electron chi connectivity index (χ1n) is 13.1. The maximum absolute atomic E-state index is 15.7. The second-order valence-electron chi connectivity index (χ2n) is 11.4. The Labute approximate surface area is 215 Å². The van der Waals surface area contributed by atoms with Crippen molar-refractivity contribution in [3.05, 3.63) is 115 Å². The lowest BCUT2D eigenvalue weighted by atomic mass is 9.66. The number of pyridine rings is 1. The molecular weight excluding hydrogens is 457 g/mol. The predicted octanol–water partition coefficient (Wildman–Crippen LogP) is 7.67. The molecule has 1 heterocycles. The summed E-state index contributed by atoms with van der Waals surface area (Å²) in [6.07, 6.45) is 2.26. The van der Waals surface area contributed by atoms with Crippen LogP contribution in [0.2, 0.25) is 0 Å². The van der Waals surface area contributed by atoms with Gasteiger partial charge in [-0.3, -0.25) is 4.98 Å². The van der Waals surface area contributed by atoms with Crippen molar-refractivity contribution in [2.24, 2.45) is 16.7 Å². The van der Waals surface area contributed by atoms with E-state index >= 15 is 4.57 Å². The molecule has 0 amide bonds. The number of benzene rings is 3. The topological polar surface area (TPSA) is 30.0 Å². The van der Waals surface area contributed by atoms with Gasteiger partial charge in [0.25, 0.3) is 0 Å². The van der Waals surface area contributed by atoms with Crippen molar-refractivity contribution in [3.8, 4) is 11.3 Å². The van der Waals surface area contributed by atoms with Gasteiger partial charge in [0.15, 0.2) is 0 Å². The second kappa shape index (κ2) is 8.56. The zero-order chi connectivity index (χ0) is 25.0. The van der Waals surface area contributed by atoms with Crippen molar-refractivity contribution >= 4 is 17.8 Å². The van der Waals surface area contributed by atoms with Crippen LogP contribution in [0.5, 0.6) is 0 Å². The molecule has 0 spiro atoms. The van der Waals surface area contributed by atoms with E-state index in [1.165, 1.54) is 0 Å². The molecule has 2 aliphatic carbocycles. The third kappa shape index (κ3) is 3.31. The van der Waals surface area contributed by atoms with Crippen LogP contribution in [-0.4, -0.2) is 10.6 Å². The summed E-state index contributed by atoms with van der Waals surface area (Å²) in [6.45, 7) is 7.27. The summed E-state index contributed by atoms with van der Waals surface area (Å²) in [4.78, 5) is 5.28. The molecule has 6 rings (SSSR count). The van der Waals surface area contributed by atoms with E-state index in [0.717, 1.165) is 40.4 Å². The molecule has 182 valence electrons. The number of fused-ring (bicyclic) bond motifs is 2. The van der Waals surface area contributed by atoms with E-state index in [1.54, 1.807) is 0 Å². The van der Waals surface area contributed by atoms with Gasteiger partial charge in [-0.15, -0.1) is 0 Å². The Bertz CT molecular complexity index is 1370. The van der Waals surface area contributed by atoms with E-state index in [0.29, 0.717) is 5.92 Å². The fourth-order valence-electron chi connectivity index (χ4n) is 7.48. The SMILES string of the molecule is CC1(C)[C@@H]2CC[C@@]1(C)[C@H](c1cccc(-c3ccccc3)n1)[C@@H]2P(=O)(c1ccccc1)c1ccccc1. The van der Waals surface area contributed by atoms with E-state index in [-0.39, 0.29) is 22.4 Å². The molecule has 2 saturated carbocycles. The molecule has 1 aromatic heterocycles. The van der Waals surface area contributed by atoms with Gasteiger partial charge in [0.2, 0.25) is 0 Å². The first kappa shape index (κ1) is 23.4.